The molecule has 2 amide bonds. The number of amides is 2. The lowest BCUT2D eigenvalue weighted by Gasteiger charge is -2.33. The van der Waals surface area contributed by atoms with Gasteiger partial charge in [-0.1, -0.05) is 17.3 Å². The number of benzene rings is 1. The zero-order valence-electron chi connectivity index (χ0n) is 19.1. The molecule has 0 N–H and O–H groups in total. The second kappa shape index (κ2) is 10.2. The highest BCUT2D eigenvalue weighted by Crippen LogP contribution is 2.25. The summed E-state index contributed by atoms with van der Waals surface area (Å²) >= 11 is 0. The number of ether oxygens (including phenoxy) is 1. The fourth-order valence-corrected chi connectivity index (χ4v) is 4.74. The van der Waals surface area contributed by atoms with Crippen molar-refractivity contribution in [1.29, 1.82) is 0 Å². The molecule has 7 nitrogen and oxygen atoms in total. The van der Waals surface area contributed by atoms with Crippen LogP contribution in [0.1, 0.15) is 59.5 Å². The van der Waals surface area contributed by atoms with Gasteiger partial charge in [0.2, 0.25) is 5.91 Å². The van der Waals surface area contributed by atoms with Crippen LogP contribution in [0.25, 0.3) is 0 Å². The number of likely N-dealkylation sites (tertiary alicyclic amines) is 2. The Balaban J connectivity index is 1.31. The number of hydrogen-bond donors (Lipinski definition) is 0. The van der Waals surface area contributed by atoms with E-state index in [1.54, 1.807) is 0 Å². The topological polar surface area (TPSA) is 75.9 Å². The van der Waals surface area contributed by atoms with E-state index >= 15 is 0 Å². The Labute approximate surface area is 189 Å². The molecular formula is C25H33N3O4. The number of carbonyl (C=O) groups excluding carboxylic acids is 2. The van der Waals surface area contributed by atoms with Crippen LogP contribution in [0, 0.1) is 19.8 Å². The van der Waals surface area contributed by atoms with Crippen molar-refractivity contribution in [2.45, 2.75) is 52.4 Å². The largest absolute Gasteiger partial charge is 0.492 e. The SMILES string of the molecule is Cc1noc(C)c1CCC(=O)N1CCCC(COc2ccccc2C(=O)N2CCCC2)C1. The number of rotatable bonds is 7. The van der Waals surface area contributed by atoms with Crippen LogP contribution in [0.5, 0.6) is 5.75 Å². The van der Waals surface area contributed by atoms with Crippen LogP contribution in [-0.2, 0) is 11.2 Å². The molecule has 1 unspecified atom stereocenters. The molecule has 0 spiro atoms. The Kier molecular flexibility index (Phi) is 7.12. The first-order chi connectivity index (χ1) is 15.5. The average Bonchev–Trinajstić information content (AvgIpc) is 3.46. The summed E-state index contributed by atoms with van der Waals surface area (Å²) in [7, 11) is 0. The Hall–Kier alpha value is -2.83. The lowest BCUT2D eigenvalue weighted by atomic mass is 9.98. The van der Waals surface area contributed by atoms with Crippen molar-refractivity contribution >= 4 is 11.8 Å². The fourth-order valence-electron chi connectivity index (χ4n) is 4.74. The van der Waals surface area contributed by atoms with E-state index in [4.69, 9.17) is 9.26 Å². The normalized spacial score (nSPS) is 18.8. The number of aromatic nitrogens is 1. The van der Waals surface area contributed by atoms with Crippen molar-refractivity contribution in [3.05, 3.63) is 46.8 Å². The molecule has 32 heavy (non-hydrogen) atoms. The minimum absolute atomic E-state index is 0.0536. The smallest absolute Gasteiger partial charge is 0.257 e. The molecule has 0 radical (unpaired) electrons. The zero-order chi connectivity index (χ0) is 22.5. The highest BCUT2D eigenvalue weighted by molar-refractivity contribution is 5.97. The lowest BCUT2D eigenvalue weighted by molar-refractivity contribution is -0.133. The molecule has 2 saturated heterocycles. The van der Waals surface area contributed by atoms with Gasteiger partial charge in [-0.05, 0) is 58.1 Å². The third-order valence-corrected chi connectivity index (χ3v) is 6.63. The number of hydrogen-bond acceptors (Lipinski definition) is 5. The van der Waals surface area contributed by atoms with Gasteiger partial charge in [-0.25, -0.2) is 0 Å². The van der Waals surface area contributed by atoms with Gasteiger partial charge in [0.25, 0.3) is 5.91 Å². The van der Waals surface area contributed by atoms with E-state index in [9.17, 15) is 9.59 Å². The van der Waals surface area contributed by atoms with E-state index in [-0.39, 0.29) is 17.7 Å². The maximum absolute atomic E-state index is 12.9. The molecule has 4 rings (SSSR count). The van der Waals surface area contributed by atoms with E-state index in [0.29, 0.717) is 37.3 Å². The third-order valence-electron chi connectivity index (χ3n) is 6.63. The van der Waals surface area contributed by atoms with Crippen LogP contribution in [0.2, 0.25) is 0 Å². The molecule has 2 aromatic rings. The molecular weight excluding hydrogens is 406 g/mol. The van der Waals surface area contributed by atoms with Gasteiger partial charge in [0.15, 0.2) is 0 Å². The summed E-state index contributed by atoms with van der Waals surface area (Å²) in [5, 5.41) is 3.97. The molecule has 0 bridgehead atoms. The van der Waals surface area contributed by atoms with Crippen LogP contribution >= 0.6 is 0 Å². The van der Waals surface area contributed by atoms with Crippen molar-refractivity contribution in [2.24, 2.45) is 5.92 Å². The van der Waals surface area contributed by atoms with Gasteiger partial charge in [0, 0.05) is 44.1 Å². The molecule has 1 atom stereocenters. The monoisotopic (exact) mass is 439 g/mol. The third kappa shape index (κ3) is 5.14. The summed E-state index contributed by atoms with van der Waals surface area (Å²) in [5.41, 5.74) is 2.54. The average molecular weight is 440 g/mol. The summed E-state index contributed by atoms with van der Waals surface area (Å²) < 4.78 is 11.3. The fraction of sp³-hybridized carbons (Fsp3) is 0.560. The summed E-state index contributed by atoms with van der Waals surface area (Å²) in [6.07, 6.45) is 5.25. The summed E-state index contributed by atoms with van der Waals surface area (Å²) in [6.45, 7) is 7.44. The van der Waals surface area contributed by atoms with Crippen molar-refractivity contribution in [1.82, 2.24) is 15.0 Å². The first-order valence-corrected chi connectivity index (χ1v) is 11.7. The van der Waals surface area contributed by atoms with Gasteiger partial charge < -0.3 is 19.1 Å². The molecule has 2 aliphatic rings. The molecule has 3 heterocycles. The Bertz CT molecular complexity index is 929. The molecule has 0 aliphatic carbocycles. The minimum atomic E-state index is 0.0536. The molecule has 0 saturated carbocycles. The van der Waals surface area contributed by atoms with E-state index in [2.05, 4.69) is 5.16 Å². The number of nitrogens with zero attached hydrogens (tertiary/aromatic N) is 3. The van der Waals surface area contributed by atoms with Crippen molar-refractivity contribution in [3.63, 3.8) is 0 Å². The quantitative estimate of drug-likeness (QED) is 0.656. The van der Waals surface area contributed by atoms with Gasteiger partial charge in [-0.3, -0.25) is 9.59 Å². The number of carbonyl (C=O) groups is 2. The lowest BCUT2D eigenvalue weighted by Crippen LogP contribution is -2.41. The first kappa shape index (κ1) is 22.4. The summed E-state index contributed by atoms with van der Waals surface area (Å²) in [6, 6.07) is 7.51. The van der Waals surface area contributed by atoms with E-state index in [0.717, 1.165) is 62.3 Å². The van der Waals surface area contributed by atoms with E-state index in [1.807, 2.05) is 47.9 Å². The minimum Gasteiger partial charge on any atom is -0.492 e. The van der Waals surface area contributed by atoms with Gasteiger partial charge in [-0.15, -0.1) is 0 Å². The van der Waals surface area contributed by atoms with Crippen molar-refractivity contribution in [3.8, 4) is 5.75 Å². The Morgan fingerprint density at radius 3 is 2.59 bits per heavy atom. The molecule has 1 aromatic heterocycles. The van der Waals surface area contributed by atoms with E-state index < -0.39 is 0 Å². The number of para-hydroxylation sites is 1. The molecule has 172 valence electrons. The maximum atomic E-state index is 12.9. The highest BCUT2D eigenvalue weighted by Gasteiger charge is 2.26. The predicted molar refractivity (Wildman–Crippen MR) is 121 cm³/mol. The van der Waals surface area contributed by atoms with Crippen LogP contribution < -0.4 is 4.74 Å². The molecule has 1 aromatic carbocycles. The maximum Gasteiger partial charge on any atom is 0.257 e. The Morgan fingerprint density at radius 2 is 1.84 bits per heavy atom. The second-order valence-corrected chi connectivity index (χ2v) is 8.96. The van der Waals surface area contributed by atoms with Crippen LogP contribution in [0.3, 0.4) is 0 Å². The number of piperidine rings is 1. The Morgan fingerprint density at radius 1 is 1.09 bits per heavy atom. The van der Waals surface area contributed by atoms with Crippen LogP contribution in [-0.4, -0.2) is 59.6 Å². The highest BCUT2D eigenvalue weighted by atomic mass is 16.5. The molecule has 7 heteroatoms. The van der Waals surface area contributed by atoms with Crippen molar-refractivity contribution in [2.75, 3.05) is 32.8 Å². The summed E-state index contributed by atoms with van der Waals surface area (Å²) in [5.74, 6) is 1.92. The van der Waals surface area contributed by atoms with Gasteiger partial charge >= 0.3 is 0 Å². The summed E-state index contributed by atoms with van der Waals surface area (Å²) in [4.78, 5) is 29.5. The van der Waals surface area contributed by atoms with Crippen molar-refractivity contribution < 1.29 is 18.8 Å². The second-order valence-electron chi connectivity index (χ2n) is 8.96. The van der Waals surface area contributed by atoms with Gasteiger partial charge in [-0.2, -0.15) is 0 Å². The van der Waals surface area contributed by atoms with Crippen LogP contribution in [0.4, 0.5) is 0 Å². The van der Waals surface area contributed by atoms with Crippen LogP contribution in [0.15, 0.2) is 28.8 Å². The molecule has 2 fully saturated rings. The molecule has 2 aliphatic heterocycles. The first-order valence-electron chi connectivity index (χ1n) is 11.7. The standard InChI is InChI=1S/C25H33N3O4/c1-18-21(19(2)32-26-18)11-12-24(29)28-15-7-8-20(16-28)17-31-23-10-4-3-9-22(23)25(30)27-13-5-6-14-27/h3-4,9-10,20H,5-8,11-17H2,1-2H3. The predicted octanol–water partition coefficient (Wildman–Crippen LogP) is 3.78. The zero-order valence-corrected chi connectivity index (χ0v) is 19.1. The van der Waals surface area contributed by atoms with E-state index in [1.165, 1.54) is 0 Å². The van der Waals surface area contributed by atoms with Gasteiger partial charge in [0.05, 0.1) is 17.9 Å². The van der Waals surface area contributed by atoms with Gasteiger partial charge in [0.1, 0.15) is 11.5 Å². The number of aryl methyl sites for hydroxylation is 2.